The molecule has 184 valence electrons. The molecule has 1 N–H and O–H groups in total. The van der Waals surface area contributed by atoms with Gasteiger partial charge in [-0.05, 0) is 80.5 Å². The van der Waals surface area contributed by atoms with E-state index in [1.54, 1.807) is 17.0 Å². The number of ether oxygens (including phenoxy) is 1. The van der Waals surface area contributed by atoms with Crippen molar-refractivity contribution < 1.29 is 14.3 Å². The highest BCUT2D eigenvalue weighted by Crippen LogP contribution is 2.24. The summed E-state index contributed by atoms with van der Waals surface area (Å²) in [5.74, 6) is 0.412. The molecule has 0 radical (unpaired) electrons. The molecule has 2 amide bonds. The Morgan fingerprint density at radius 3 is 2.41 bits per heavy atom. The summed E-state index contributed by atoms with van der Waals surface area (Å²) in [6, 6.07) is 11.1. The van der Waals surface area contributed by atoms with Gasteiger partial charge in [-0.25, -0.2) is 0 Å². The van der Waals surface area contributed by atoms with Gasteiger partial charge in [-0.2, -0.15) is 0 Å². The Balaban J connectivity index is 1.78. The summed E-state index contributed by atoms with van der Waals surface area (Å²) in [5.41, 5.74) is 4.15. The first kappa shape index (κ1) is 26.1. The lowest BCUT2D eigenvalue weighted by molar-refractivity contribution is -0.143. The Kier molecular flexibility index (Phi) is 9.40. The Morgan fingerprint density at radius 2 is 1.76 bits per heavy atom. The molecule has 0 bridgehead atoms. The first-order chi connectivity index (χ1) is 16.3. The van der Waals surface area contributed by atoms with Gasteiger partial charge in [0.1, 0.15) is 11.8 Å². The summed E-state index contributed by atoms with van der Waals surface area (Å²) in [7, 11) is 0. The SMILES string of the molecule is CCC(C(=O)NC1CCCCC1)N(Cc1ccc(Cl)cc1)C(=O)COc1cc(C)cc(C)c1C. The summed E-state index contributed by atoms with van der Waals surface area (Å²) in [6.07, 6.45) is 6.03. The van der Waals surface area contributed by atoms with Gasteiger partial charge in [0.05, 0.1) is 0 Å². The van der Waals surface area contributed by atoms with Gasteiger partial charge in [-0.3, -0.25) is 9.59 Å². The molecule has 1 saturated carbocycles. The molecule has 3 rings (SSSR count). The van der Waals surface area contributed by atoms with Gasteiger partial charge in [0.2, 0.25) is 5.91 Å². The molecule has 0 heterocycles. The van der Waals surface area contributed by atoms with Gasteiger partial charge < -0.3 is 15.0 Å². The predicted molar refractivity (Wildman–Crippen MR) is 137 cm³/mol. The van der Waals surface area contributed by atoms with Crippen LogP contribution in [0.25, 0.3) is 0 Å². The number of aryl methyl sites for hydroxylation is 2. The van der Waals surface area contributed by atoms with Crippen LogP contribution in [0.4, 0.5) is 0 Å². The molecule has 1 aliphatic carbocycles. The van der Waals surface area contributed by atoms with Crippen molar-refractivity contribution in [3.05, 3.63) is 63.7 Å². The van der Waals surface area contributed by atoms with Crippen molar-refractivity contribution in [1.82, 2.24) is 10.2 Å². The number of amides is 2. The van der Waals surface area contributed by atoms with E-state index in [2.05, 4.69) is 11.4 Å². The molecule has 1 unspecified atom stereocenters. The van der Waals surface area contributed by atoms with E-state index in [-0.39, 0.29) is 24.5 Å². The maximum Gasteiger partial charge on any atom is 0.261 e. The Bertz CT molecular complexity index is 984. The predicted octanol–water partition coefficient (Wildman–Crippen LogP) is 5.90. The van der Waals surface area contributed by atoms with Crippen LogP contribution in [-0.2, 0) is 16.1 Å². The van der Waals surface area contributed by atoms with Crippen LogP contribution in [0.15, 0.2) is 36.4 Å². The fourth-order valence-electron chi connectivity index (χ4n) is 4.62. The van der Waals surface area contributed by atoms with E-state index in [0.717, 1.165) is 47.9 Å². The number of benzene rings is 2. The number of nitrogens with zero attached hydrogens (tertiary/aromatic N) is 1. The van der Waals surface area contributed by atoms with E-state index in [1.807, 2.05) is 45.9 Å². The van der Waals surface area contributed by atoms with Crippen molar-refractivity contribution in [3.8, 4) is 5.75 Å². The lowest BCUT2D eigenvalue weighted by atomic mass is 9.95. The maximum atomic E-state index is 13.5. The minimum Gasteiger partial charge on any atom is -0.483 e. The number of hydrogen-bond donors (Lipinski definition) is 1. The van der Waals surface area contributed by atoms with Gasteiger partial charge in [-0.1, -0.05) is 56.0 Å². The maximum absolute atomic E-state index is 13.5. The van der Waals surface area contributed by atoms with Crippen LogP contribution in [0.2, 0.25) is 5.02 Å². The highest BCUT2D eigenvalue weighted by atomic mass is 35.5. The molecule has 1 aliphatic rings. The van der Waals surface area contributed by atoms with E-state index in [9.17, 15) is 9.59 Å². The zero-order valence-electron chi connectivity index (χ0n) is 20.8. The number of carbonyl (C=O) groups is 2. The van der Waals surface area contributed by atoms with E-state index < -0.39 is 6.04 Å². The molecule has 2 aromatic carbocycles. The second kappa shape index (κ2) is 12.3. The standard InChI is InChI=1S/C28H37ClN2O3/c1-5-25(28(33)30-24-9-7-6-8-10-24)31(17-22-11-13-23(29)14-12-22)27(32)18-34-26-16-19(2)15-20(3)21(26)4/h11-16,24-25H,5-10,17-18H2,1-4H3,(H,30,33). The summed E-state index contributed by atoms with van der Waals surface area (Å²) in [5, 5.41) is 3.84. The molecule has 2 aromatic rings. The van der Waals surface area contributed by atoms with E-state index in [0.29, 0.717) is 23.7 Å². The molecular formula is C28H37ClN2O3. The van der Waals surface area contributed by atoms with E-state index >= 15 is 0 Å². The van der Waals surface area contributed by atoms with Crippen molar-refractivity contribution in [1.29, 1.82) is 0 Å². The molecular weight excluding hydrogens is 448 g/mol. The highest BCUT2D eigenvalue weighted by molar-refractivity contribution is 6.30. The Labute approximate surface area is 208 Å². The second-order valence-electron chi connectivity index (χ2n) is 9.41. The smallest absolute Gasteiger partial charge is 0.261 e. The van der Waals surface area contributed by atoms with Crippen LogP contribution in [0.5, 0.6) is 5.75 Å². The third kappa shape index (κ3) is 6.99. The topological polar surface area (TPSA) is 58.6 Å². The first-order valence-electron chi connectivity index (χ1n) is 12.3. The van der Waals surface area contributed by atoms with Crippen LogP contribution in [-0.4, -0.2) is 35.4 Å². The zero-order chi connectivity index (χ0) is 24.7. The van der Waals surface area contributed by atoms with Gasteiger partial charge in [0.15, 0.2) is 6.61 Å². The second-order valence-corrected chi connectivity index (χ2v) is 9.85. The van der Waals surface area contributed by atoms with Gasteiger partial charge in [-0.15, -0.1) is 0 Å². The van der Waals surface area contributed by atoms with Crippen molar-refractivity contribution in [2.45, 2.75) is 84.8 Å². The zero-order valence-corrected chi connectivity index (χ0v) is 21.6. The lowest BCUT2D eigenvalue weighted by Crippen LogP contribution is -2.52. The summed E-state index contributed by atoms with van der Waals surface area (Å²) < 4.78 is 5.98. The van der Waals surface area contributed by atoms with Crippen molar-refractivity contribution >= 4 is 23.4 Å². The molecule has 0 spiro atoms. The molecule has 1 atom stereocenters. The fraction of sp³-hybridized carbons (Fsp3) is 0.500. The first-order valence-corrected chi connectivity index (χ1v) is 12.7. The third-order valence-electron chi connectivity index (χ3n) is 6.72. The highest BCUT2D eigenvalue weighted by Gasteiger charge is 2.30. The number of rotatable bonds is 9. The lowest BCUT2D eigenvalue weighted by Gasteiger charge is -2.32. The number of hydrogen-bond acceptors (Lipinski definition) is 3. The van der Waals surface area contributed by atoms with Crippen LogP contribution in [0, 0.1) is 20.8 Å². The average Bonchev–Trinajstić information content (AvgIpc) is 2.82. The molecule has 6 heteroatoms. The average molecular weight is 485 g/mol. The van der Waals surface area contributed by atoms with Crippen molar-refractivity contribution in [2.24, 2.45) is 0 Å². The molecule has 0 aromatic heterocycles. The van der Waals surface area contributed by atoms with Gasteiger partial charge >= 0.3 is 0 Å². The Hall–Kier alpha value is -2.53. The monoisotopic (exact) mass is 484 g/mol. The summed E-state index contributed by atoms with van der Waals surface area (Å²) in [4.78, 5) is 28.4. The van der Waals surface area contributed by atoms with E-state index in [4.69, 9.17) is 16.3 Å². The quantitative estimate of drug-likeness (QED) is 0.482. The molecule has 0 saturated heterocycles. The van der Waals surface area contributed by atoms with Crippen molar-refractivity contribution in [3.63, 3.8) is 0 Å². The molecule has 1 fully saturated rings. The Morgan fingerprint density at radius 1 is 1.09 bits per heavy atom. The minimum atomic E-state index is -0.561. The number of carbonyl (C=O) groups excluding carboxylic acids is 2. The van der Waals surface area contributed by atoms with Crippen LogP contribution in [0.1, 0.15) is 67.7 Å². The molecule has 5 nitrogen and oxygen atoms in total. The van der Waals surface area contributed by atoms with Gasteiger partial charge in [0, 0.05) is 17.6 Å². The molecule has 34 heavy (non-hydrogen) atoms. The normalized spacial score (nSPS) is 15.0. The van der Waals surface area contributed by atoms with Crippen molar-refractivity contribution in [2.75, 3.05) is 6.61 Å². The molecule has 0 aliphatic heterocycles. The summed E-state index contributed by atoms with van der Waals surface area (Å²) in [6.45, 7) is 8.18. The van der Waals surface area contributed by atoms with Crippen LogP contribution in [0.3, 0.4) is 0 Å². The van der Waals surface area contributed by atoms with Gasteiger partial charge in [0.25, 0.3) is 5.91 Å². The number of halogens is 1. The third-order valence-corrected chi connectivity index (χ3v) is 6.97. The van der Waals surface area contributed by atoms with Crippen LogP contribution >= 0.6 is 11.6 Å². The minimum absolute atomic E-state index is 0.0840. The van der Waals surface area contributed by atoms with E-state index in [1.165, 1.54) is 6.42 Å². The number of nitrogens with one attached hydrogen (secondary N) is 1. The largest absolute Gasteiger partial charge is 0.483 e. The van der Waals surface area contributed by atoms with Crippen LogP contribution < -0.4 is 10.1 Å². The summed E-state index contributed by atoms with van der Waals surface area (Å²) >= 11 is 6.05. The fourth-order valence-corrected chi connectivity index (χ4v) is 4.75.